The average molecular weight is 367 g/mol. The Kier molecular flexibility index (Phi) is 4.75. The fourth-order valence-electron chi connectivity index (χ4n) is 3.51. The summed E-state index contributed by atoms with van der Waals surface area (Å²) in [5, 5.41) is 11.4. The topological polar surface area (TPSA) is 62.5 Å². The summed E-state index contributed by atoms with van der Waals surface area (Å²) in [4.78, 5) is 14.2. The highest BCUT2D eigenvalue weighted by atomic mass is 19.1. The number of fused-ring (bicyclic) bond motifs is 1. The summed E-state index contributed by atoms with van der Waals surface area (Å²) < 4.78 is 15.6. The molecule has 2 aromatic heterocycles. The van der Waals surface area contributed by atoms with Gasteiger partial charge in [-0.15, -0.1) is 10.2 Å². The predicted molar refractivity (Wildman–Crippen MR) is 99.9 cm³/mol. The van der Waals surface area contributed by atoms with Crippen LogP contribution < -0.4 is 5.32 Å². The van der Waals surface area contributed by atoms with E-state index in [4.69, 9.17) is 0 Å². The van der Waals surface area contributed by atoms with Gasteiger partial charge < -0.3 is 10.2 Å². The molecule has 0 saturated carbocycles. The number of pyridine rings is 1. The van der Waals surface area contributed by atoms with Crippen LogP contribution in [0.3, 0.4) is 0 Å². The van der Waals surface area contributed by atoms with Gasteiger partial charge in [-0.05, 0) is 49.1 Å². The Morgan fingerprint density at radius 2 is 2.04 bits per heavy atom. The van der Waals surface area contributed by atoms with E-state index in [1.807, 2.05) is 39.8 Å². The number of hydrogen-bond donors (Lipinski definition) is 1. The van der Waals surface area contributed by atoms with E-state index in [1.54, 1.807) is 13.0 Å². The quantitative estimate of drug-likeness (QED) is 0.773. The van der Waals surface area contributed by atoms with Gasteiger partial charge in [-0.1, -0.05) is 18.2 Å². The lowest BCUT2D eigenvalue weighted by molar-refractivity contribution is 0.180. The molecule has 140 valence electrons. The lowest BCUT2D eigenvalue weighted by Crippen LogP contribution is -2.44. The minimum atomic E-state index is -0.247. The van der Waals surface area contributed by atoms with Crippen LogP contribution in [0.25, 0.3) is 5.65 Å². The number of piperidine rings is 1. The minimum Gasteiger partial charge on any atom is -0.334 e. The summed E-state index contributed by atoms with van der Waals surface area (Å²) in [5.41, 5.74) is 2.21. The molecular weight excluding hydrogens is 345 g/mol. The molecule has 0 radical (unpaired) electrons. The first-order chi connectivity index (χ1) is 13.1. The Morgan fingerprint density at radius 1 is 1.22 bits per heavy atom. The van der Waals surface area contributed by atoms with Crippen LogP contribution in [0.2, 0.25) is 0 Å². The lowest BCUT2D eigenvalue weighted by atomic mass is 9.96. The van der Waals surface area contributed by atoms with Crippen molar-refractivity contribution < 1.29 is 9.18 Å². The second-order valence-corrected chi connectivity index (χ2v) is 6.99. The number of amides is 2. The van der Waals surface area contributed by atoms with Gasteiger partial charge in [0.1, 0.15) is 11.6 Å². The molecule has 6 nitrogen and oxygen atoms in total. The Labute approximate surface area is 157 Å². The average Bonchev–Trinajstić information content (AvgIpc) is 3.13. The number of urea groups is 1. The number of hydrogen-bond acceptors (Lipinski definition) is 3. The summed E-state index contributed by atoms with van der Waals surface area (Å²) >= 11 is 0. The number of nitrogens with one attached hydrogen (secondary N) is 1. The van der Waals surface area contributed by atoms with Gasteiger partial charge in [0.05, 0.1) is 0 Å². The molecule has 3 heterocycles. The molecular formula is C20H22FN5O. The SMILES string of the molecule is Cc1ccc(CNC(=O)N2CCC(c3nnc4ccccn34)CC2)cc1F. The fourth-order valence-corrected chi connectivity index (χ4v) is 3.51. The van der Waals surface area contributed by atoms with Crippen molar-refractivity contribution >= 4 is 11.7 Å². The van der Waals surface area contributed by atoms with E-state index < -0.39 is 0 Å². The maximum atomic E-state index is 13.6. The van der Waals surface area contributed by atoms with E-state index >= 15 is 0 Å². The monoisotopic (exact) mass is 367 g/mol. The van der Waals surface area contributed by atoms with E-state index in [0.717, 1.165) is 29.9 Å². The van der Waals surface area contributed by atoms with Crippen LogP contribution in [0.4, 0.5) is 9.18 Å². The van der Waals surface area contributed by atoms with E-state index in [9.17, 15) is 9.18 Å². The Hall–Kier alpha value is -2.96. The van der Waals surface area contributed by atoms with Gasteiger partial charge in [0.15, 0.2) is 5.65 Å². The molecule has 1 saturated heterocycles. The Bertz CT molecular complexity index is 962. The van der Waals surface area contributed by atoms with E-state index in [2.05, 4.69) is 15.5 Å². The second-order valence-electron chi connectivity index (χ2n) is 6.99. The largest absolute Gasteiger partial charge is 0.334 e. The van der Waals surface area contributed by atoms with Crippen LogP contribution in [-0.2, 0) is 6.54 Å². The summed E-state index contributed by atoms with van der Waals surface area (Å²) in [6.07, 6.45) is 3.68. The van der Waals surface area contributed by atoms with E-state index in [1.165, 1.54) is 6.07 Å². The van der Waals surface area contributed by atoms with Crippen LogP contribution in [0.1, 0.15) is 35.7 Å². The number of rotatable bonds is 3. The zero-order valence-corrected chi connectivity index (χ0v) is 15.2. The number of carbonyl (C=O) groups excluding carboxylic acids is 1. The van der Waals surface area contributed by atoms with Crippen LogP contribution in [0.15, 0.2) is 42.6 Å². The van der Waals surface area contributed by atoms with Crippen LogP contribution in [-0.4, -0.2) is 38.6 Å². The van der Waals surface area contributed by atoms with Crippen molar-refractivity contribution in [3.63, 3.8) is 0 Å². The van der Waals surface area contributed by atoms with Crippen LogP contribution in [0, 0.1) is 12.7 Å². The van der Waals surface area contributed by atoms with Crippen molar-refractivity contribution in [2.75, 3.05) is 13.1 Å². The van der Waals surface area contributed by atoms with Gasteiger partial charge in [-0.2, -0.15) is 0 Å². The number of benzene rings is 1. The molecule has 1 aromatic carbocycles. The minimum absolute atomic E-state index is 0.111. The normalized spacial score (nSPS) is 15.3. The summed E-state index contributed by atoms with van der Waals surface area (Å²) in [7, 11) is 0. The van der Waals surface area contributed by atoms with E-state index in [0.29, 0.717) is 25.2 Å². The molecule has 0 unspecified atom stereocenters. The zero-order valence-electron chi connectivity index (χ0n) is 15.2. The first kappa shape index (κ1) is 17.5. The van der Waals surface area contributed by atoms with Gasteiger partial charge >= 0.3 is 6.03 Å². The van der Waals surface area contributed by atoms with Crippen molar-refractivity contribution in [3.8, 4) is 0 Å². The highest BCUT2D eigenvalue weighted by molar-refractivity contribution is 5.74. The van der Waals surface area contributed by atoms with Gasteiger partial charge in [-0.25, -0.2) is 9.18 Å². The highest BCUT2D eigenvalue weighted by Crippen LogP contribution is 2.27. The van der Waals surface area contributed by atoms with Crippen LogP contribution >= 0.6 is 0 Å². The molecule has 0 aliphatic carbocycles. The molecule has 4 rings (SSSR count). The number of aromatic nitrogens is 3. The molecule has 2 amide bonds. The van der Waals surface area contributed by atoms with E-state index in [-0.39, 0.29) is 17.8 Å². The molecule has 3 aromatic rings. The van der Waals surface area contributed by atoms with Crippen molar-refractivity contribution in [3.05, 3.63) is 65.4 Å². The van der Waals surface area contributed by atoms with Gasteiger partial charge in [0, 0.05) is 31.7 Å². The molecule has 0 atom stereocenters. The number of aryl methyl sites for hydroxylation is 1. The summed E-state index contributed by atoms with van der Waals surface area (Å²) in [6.45, 7) is 3.38. The van der Waals surface area contributed by atoms with Gasteiger partial charge in [0.25, 0.3) is 0 Å². The van der Waals surface area contributed by atoms with Gasteiger partial charge in [-0.3, -0.25) is 4.40 Å². The molecule has 1 aliphatic heterocycles. The molecule has 7 heteroatoms. The maximum Gasteiger partial charge on any atom is 0.317 e. The highest BCUT2D eigenvalue weighted by Gasteiger charge is 2.26. The first-order valence-electron chi connectivity index (χ1n) is 9.19. The molecule has 0 bridgehead atoms. The summed E-state index contributed by atoms with van der Waals surface area (Å²) in [6, 6.07) is 10.8. The molecule has 1 N–H and O–H groups in total. The first-order valence-corrected chi connectivity index (χ1v) is 9.19. The van der Waals surface area contributed by atoms with Crippen molar-refractivity contribution in [2.45, 2.75) is 32.2 Å². The third kappa shape index (κ3) is 3.63. The number of likely N-dealkylation sites (tertiary alicyclic amines) is 1. The summed E-state index contributed by atoms with van der Waals surface area (Å²) in [5.74, 6) is 1.00. The Balaban J connectivity index is 1.33. The number of carbonyl (C=O) groups is 1. The maximum absolute atomic E-state index is 13.6. The van der Waals surface area contributed by atoms with Crippen LogP contribution in [0.5, 0.6) is 0 Å². The molecule has 1 fully saturated rings. The second kappa shape index (κ2) is 7.34. The lowest BCUT2D eigenvalue weighted by Gasteiger charge is -2.31. The van der Waals surface area contributed by atoms with Crippen molar-refractivity contribution in [2.24, 2.45) is 0 Å². The van der Waals surface area contributed by atoms with Gasteiger partial charge in [0.2, 0.25) is 0 Å². The Morgan fingerprint density at radius 3 is 2.81 bits per heavy atom. The van der Waals surface area contributed by atoms with Crippen molar-refractivity contribution in [1.29, 1.82) is 0 Å². The fraction of sp³-hybridized carbons (Fsp3) is 0.350. The number of halogens is 1. The smallest absolute Gasteiger partial charge is 0.317 e. The number of nitrogens with zero attached hydrogens (tertiary/aromatic N) is 4. The molecule has 0 spiro atoms. The standard InChI is InChI=1S/C20H22FN5O/c1-14-5-6-15(12-17(14)21)13-22-20(27)25-10-7-16(8-11-25)19-24-23-18-4-2-3-9-26(18)19/h2-6,9,12,16H,7-8,10-11,13H2,1H3,(H,22,27). The zero-order chi connectivity index (χ0) is 18.8. The third-order valence-corrected chi connectivity index (χ3v) is 5.17. The predicted octanol–water partition coefficient (Wildman–Crippen LogP) is 3.27. The third-order valence-electron chi connectivity index (χ3n) is 5.17. The molecule has 27 heavy (non-hydrogen) atoms. The molecule has 1 aliphatic rings. The van der Waals surface area contributed by atoms with Crippen molar-refractivity contribution in [1.82, 2.24) is 24.8 Å².